The number of hydrogen-bond acceptors (Lipinski definition) is 5. The van der Waals surface area contributed by atoms with Crippen molar-refractivity contribution >= 4 is 11.9 Å². The second-order valence-corrected chi connectivity index (χ2v) is 8.59. The van der Waals surface area contributed by atoms with Crippen molar-refractivity contribution in [2.45, 2.75) is 12.2 Å². The summed E-state index contributed by atoms with van der Waals surface area (Å²) in [4.78, 5) is 27.9. The van der Waals surface area contributed by atoms with E-state index in [1.54, 1.807) is 48.8 Å². The van der Waals surface area contributed by atoms with Gasteiger partial charge >= 0.3 is 6.18 Å². The Morgan fingerprint density at radius 1 is 0.853 bits per heavy atom. The molecule has 0 unspecified atom stereocenters. The first-order chi connectivity index (χ1) is 16.4. The lowest BCUT2D eigenvalue weighted by atomic mass is 10.00. The predicted molar refractivity (Wildman–Crippen MR) is 122 cm³/mol. The van der Waals surface area contributed by atoms with Crippen LogP contribution < -0.4 is 4.90 Å². The SMILES string of the molecule is O=C(c1ccc(-c2cccc(C(F)(F)F)c2)cc1)N1CC(N2CCN(c3ncccn3)CC2)C1. The number of nitrogens with zero attached hydrogens (tertiary/aromatic N) is 5. The summed E-state index contributed by atoms with van der Waals surface area (Å²) >= 11 is 0. The fraction of sp³-hybridized carbons (Fsp3) is 0.320. The number of piperazine rings is 1. The Balaban J connectivity index is 1.15. The number of carbonyl (C=O) groups is 1. The van der Waals surface area contributed by atoms with Gasteiger partial charge in [-0.25, -0.2) is 9.97 Å². The number of carbonyl (C=O) groups excluding carboxylic acids is 1. The monoisotopic (exact) mass is 467 g/mol. The molecule has 0 aliphatic carbocycles. The van der Waals surface area contributed by atoms with Gasteiger partial charge in [0.15, 0.2) is 0 Å². The van der Waals surface area contributed by atoms with E-state index in [0.29, 0.717) is 35.8 Å². The summed E-state index contributed by atoms with van der Waals surface area (Å²) in [6.07, 6.45) is -0.894. The maximum atomic E-state index is 13.0. The third-order valence-electron chi connectivity index (χ3n) is 6.47. The number of anilines is 1. The van der Waals surface area contributed by atoms with Gasteiger partial charge in [-0.15, -0.1) is 0 Å². The molecule has 1 aromatic heterocycles. The van der Waals surface area contributed by atoms with E-state index in [0.717, 1.165) is 44.3 Å². The van der Waals surface area contributed by atoms with Crippen molar-refractivity contribution in [1.82, 2.24) is 19.8 Å². The van der Waals surface area contributed by atoms with Crippen molar-refractivity contribution in [2.75, 3.05) is 44.2 Å². The van der Waals surface area contributed by atoms with Gasteiger partial charge in [-0.05, 0) is 41.5 Å². The summed E-state index contributed by atoms with van der Waals surface area (Å²) in [5.74, 6) is 0.698. The molecule has 0 spiro atoms. The molecule has 2 aliphatic rings. The van der Waals surface area contributed by atoms with Gasteiger partial charge in [0.25, 0.3) is 5.91 Å². The third-order valence-corrected chi connectivity index (χ3v) is 6.47. The van der Waals surface area contributed by atoms with E-state index in [1.807, 2.05) is 4.90 Å². The molecule has 1 amide bonds. The van der Waals surface area contributed by atoms with Gasteiger partial charge in [0, 0.05) is 63.3 Å². The number of hydrogen-bond donors (Lipinski definition) is 0. The van der Waals surface area contributed by atoms with E-state index < -0.39 is 11.7 Å². The first-order valence-corrected chi connectivity index (χ1v) is 11.2. The summed E-state index contributed by atoms with van der Waals surface area (Å²) in [7, 11) is 0. The molecular weight excluding hydrogens is 443 g/mol. The van der Waals surface area contributed by atoms with E-state index in [4.69, 9.17) is 0 Å². The topological polar surface area (TPSA) is 52.6 Å². The number of halogens is 3. The van der Waals surface area contributed by atoms with Gasteiger partial charge in [-0.3, -0.25) is 9.69 Å². The van der Waals surface area contributed by atoms with Gasteiger partial charge in [0.05, 0.1) is 5.56 Å². The molecule has 0 atom stereocenters. The second-order valence-electron chi connectivity index (χ2n) is 8.59. The fourth-order valence-electron chi connectivity index (χ4n) is 4.46. The molecule has 0 radical (unpaired) electrons. The zero-order chi connectivity index (χ0) is 23.7. The molecule has 2 saturated heterocycles. The minimum atomic E-state index is -4.39. The quantitative estimate of drug-likeness (QED) is 0.584. The minimum absolute atomic E-state index is 0.0526. The van der Waals surface area contributed by atoms with Crippen molar-refractivity contribution in [3.05, 3.63) is 78.1 Å². The molecular formula is C25H24F3N5O. The number of rotatable bonds is 4. The molecule has 5 rings (SSSR count). The van der Waals surface area contributed by atoms with Gasteiger partial charge in [0.2, 0.25) is 5.95 Å². The normalized spacial score (nSPS) is 17.5. The van der Waals surface area contributed by atoms with Crippen LogP contribution in [-0.4, -0.2) is 71.0 Å². The Kier molecular flexibility index (Phi) is 5.95. The van der Waals surface area contributed by atoms with Crippen LogP contribution in [0.5, 0.6) is 0 Å². The Hall–Kier alpha value is -3.46. The standard InChI is InChI=1S/C25H24F3N5O/c26-25(27,28)21-4-1-3-20(15-21)18-5-7-19(8-6-18)23(34)33-16-22(17-33)31-11-13-32(14-12-31)24-29-9-2-10-30-24/h1-10,15,22H,11-14,16-17H2. The zero-order valence-corrected chi connectivity index (χ0v) is 18.4. The minimum Gasteiger partial charge on any atom is -0.338 e. The number of aromatic nitrogens is 2. The maximum Gasteiger partial charge on any atom is 0.416 e. The smallest absolute Gasteiger partial charge is 0.338 e. The van der Waals surface area contributed by atoms with E-state index in [9.17, 15) is 18.0 Å². The number of benzene rings is 2. The van der Waals surface area contributed by atoms with Crippen molar-refractivity contribution in [1.29, 1.82) is 0 Å². The number of alkyl halides is 3. The third kappa shape index (κ3) is 4.61. The van der Waals surface area contributed by atoms with E-state index in [2.05, 4.69) is 19.8 Å². The van der Waals surface area contributed by atoms with Crippen LogP contribution in [0.4, 0.5) is 19.1 Å². The number of amides is 1. The predicted octanol–water partition coefficient (Wildman–Crippen LogP) is 3.81. The van der Waals surface area contributed by atoms with Crippen molar-refractivity contribution in [2.24, 2.45) is 0 Å². The van der Waals surface area contributed by atoms with Crippen LogP contribution >= 0.6 is 0 Å². The van der Waals surface area contributed by atoms with Crippen LogP contribution in [0.15, 0.2) is 67.0 Å². The summed E-state index contributed by atoms with van der Waals surface area (Å²) < 4.78 is 39.0. The van der Waals surface area contributed by atoms with Crippen molar-refractivity contribution in [3.63, 3.8) is 0 Å². The molecule has 0 bridgehead atoms. The second kappa shape index (κ2) is 9.06. The summed E-state index contributed by atoms with van der Waals surface area (Å²) in [6.45, 7) is 4.86. The van der Waals surface area contributed by atoms with Crippen LogP contribution in [-0.2, 0) is 6.18 Å². The van der Waals surface area contributed by atoms with Gasteiger partial charge in [-0.2, -0.15) is 13.2 Å². The molecule has 2 fully saturated rings. The maximum absolute atomic E-state index is 13.0. The zero-order valence-electron chi connectivity index (χ0n) is 18.4. The average Bonchev–Trinajstić information content (AvgIpc) is 2.84. The Morgan fingerprint density at radius 3 is 2.18 bits per heavy atom. The van der Waals surface area contributed by atoms with Crippen LogP contribution in [0.25, 0.3) is 11.1 Å². The molecule has 2 aromatic carbocycles. The Labute approximate surface area is 195 Å². The van der Waals surface area contributed by atoms with E-state index in [-0.39, 0.29) is 5.91 Å². The van der Waals surface area contributed by atoms with Gasteiger partial charge in [-0.1, -0.05) is 24.3 Å². The largest absolute Gasteiger partial charge is 0.416 e. The molecule has 2 aliphatic heterocycles. The Bertz CT molecular complexity index is 1140. The van der Waals surface area contributed by atoms with Crippen molar-refractivity contribution in [3.8, 4) is 11.1 Å². The molecule has 0 N–H and O–H groups in total. The summed E-state index contributed by atoms with van der Waals surface area (Å²) in [6, 6.07) is 14.1. The number of likely N-dealkylation sites (tertiary alicyclic amines) is 1. The first kappa shape index (κ1) is 22.3. The van der Waals surface area contributed by atoms with Crippen LogP contribution in [0.1, 0.15) is 15.9 Å². The van der Waals surface area contributed by atoms with Crippen LogP contribution in [0.2, 0.25) is 0 Å². The highest BCUT2D eigenvalue weighted by Crippen LogP contribution is 2.32. The lowest BCUT2D eigenvalue weighted by molar-refractivity contribution is -0.137. The van der Waals surface area contributed by atoms with E-state index in [1.165, 1.54) is 6.07 Å². The lowest BCUT2D eigenvalue weighted by Crippen LogP contribution is -2.64. The highest BCUT2D eigenvalue weighted by molar-refractivity contribution is 5.95. The van der Waals surface area contributed by atoms with Crippen molar-refractivity contribution < 1.29 is 18.0 Å². The van der Waals surface area contributed by atoms with Crippen LogP contribution in [0, 0.1) is 0 Å². The molecule has 6 nitrogen and oxygen atoms in total. The molecule has 34 heavy (non-hydrogen) atoms. The lowest BCUT2D eigenvalue weighted by Gasteiger charge is -2.48. The van der Waals surface area contributed by atoms with E-state index >= 15 is 0 Å². The molecule has 3 heterocycles. The highest BCUT2D eigenvalue weighted by Gasteiger charge is 2.36. The molecule has 0 saturated carbocycles. The average molecular weight is 467 g/mol. The first-order valence-electron chi connectivity index (χ1n) is 11.2. The van der Waals surface area contributed by atoms with Gasteiger partial charge in [0.1, 0.15) is 0 Å². The van der Waals surface area contributed by atoms with Crippen LogP contribution in [0.3, 0.4) is 0 Å². The summed E-state index contributed by atoms with van der Waals surface area (Å²) in [5, 5.41) is 0. The fourth-order valence-corrected chi connectivity index (χ4v) is 4.46. The molecule has 9 heteroatoms. The molecule has 176 valence electrons. The highest BCUT2D eigenvalue weighted by atomic mass is 19.4. The molecule has 3 aromatic rings. The summed E-state index contributed by atoms with van der Waals surface area (Å²) in [5.41, 5.74) is 0.969. The Morgan fingerprint density at radius 2 is 1.53 bits per heavy atom. The van der Waals surface area contributed by atoms with Gasteiger partial charge < -0.3 is 9.80 Å².